The standard InChI is InChI=1S/C30H38N2O/c1-3-5-6-22(4-2)27-13-9-24-19-26(33)12-14-28(24)29(27)23-7-10-25(11-8-23)32-17-15-30(16-18-32)20-31-21-30/h4-8,10-12,14,19,27,29,31,33H,3,9,13,15-18,20-21H2,1-2H3/b6-5-,22-4+. The van der Waals surface area contributed by atoms with Crippen molar-refractivity contribution in [2.24, 2.45) is 11.3 Å². The van der Waals surface area contributed by atoms with E-state index in [0.29, 0.717) is 23.0 Å². The van der Waals surface area contributed by atoms with Crippen LogP contribution in [-0.2, 0) is 6.42 Å². The lowest BCUT2D eigenvalue weighted by atomic mass is 9.69. The molecule has 2 heterocycles. The maximum atomic E-state index is 10.1. The van der Waals surface area contributed by atoms with E-state index in [0.717, 1.165) is 19.3 Å². The minimum absolute atomic E-state index is 0.321. The van der Waals surface area contributed by atoms with Crippen molar-refractivity contribution in [3.05, 3.63) is 83.0 Å². The number of benzene rings is 2. The van der Waals surface area contributed by atoms with Crippen molar-refractivity contribution in [2.45, 2.75) is 51.9 Å². The molecule has 0 radical (unpaired) electrons. The Morgan fingerprint density at radius 2 is 1.88 bits per heavy atom. The summed E-state index contributed by atoms with van der Waals surface area (Å²) in [5.41, 5.74) is 7.42. The predicted octanol–water partition coefficient (Wildman–Crippen LogP) is 6.19. The molecule has 3 nitrogen and oxygen atoms in total. The number of phenolic OH excluding ortho intramolecular Hbond substituents is 1. The molecule has 174 valence electrons. The molecule has 2 fully saturated rings. The van der Waals surface area contributed by atoms with Gasteiger partial charge < -0.3 is 15.3 Å². The lowest BCUT2D eigenvalue weighted by Crippen LogP contribution is -2.58. The fraction of sp³-hybridized carbons (Fsp3) is 0.467. The molecule has 2 aromatic rings. The molecule has 0 bridgehead atoms. The summed E-state index contributed by atoms with van der Waals surface area (Å²) in [5, 5.41) is 13.6. The van der Waals surface area contributed by atoms with E-state index in [1.54, 1.807) is 0 Å². The van der Waals surface area contributed by atoms with Gasteiger partial charge in [-0.1, -0.05) is 43.4 Å². The summed E-state index contributed by atoms with van der Waals surface area (Å²) in [7, 11) is 0. The Morgan fingerprint density at radius 1 is 1.12 bits per heavy atom. The quantitative estimate of drug-likeness (QED) is 0.542. The van der Waals surface area contributed by atoms with Gasteiger partial charge in [0, 0.05) is 37.8 Å². The van der Waals surface area contributed by atoms with E-state index >= 15 is 0 Å². The van der Waals surface area contributed by atoms with Crippen molar-refractivity contribution in [3.63, 3.8) is 0 Å². The van der Waals surface area contributed by atoms with Gasteiger partial charge in [0.15, 0.2) is 0 Å². The van der Waals surface area contributed by atoms with Crippen LogP contribution in [0.3, 0.4) is 0 Å². The molecule has 2 atom stereocenters. The van der Waals surface area contributed by atoms with Gasteiger partial charge in [-0.15, -0.1) is 0 Å². The number of aryl methyl sites for hydroxylation is 1. The van der Waals surface area contributed by atoms with Crippen molar-refractivity contribution >= 4 is 5.69 Å². The van der Waals surface area contributed by atoms with Crippen LogP contribution >= 0.6 is 0 Å². The third kappa shape index (κ3) is 4.36. The average Bonchev–Trinajstić information content (AvgIpc) is 2.83. The molecule has 2 aliphatic heterocycles. The summed E-state index contributed by atoms with van der Waals surface area (Å²) in [4.78, 5) is 2.57. The van der Waals surface area contributed by atoms with Crippen molar-refractivity contribution in [2.75, 3.05) is 31.1 Å². The van der Waals surface area contributed by atoms with E-state index in [9.17, 15) is 5.11 Å². The van der Waals surface area contributed by atoms with Crippen LogP contribution in [0.5, 0.6) is 5.75 Å². The highest BCUT2D eigenvalue weighted by Gasteiger charge is 2.39. The molecule has 0 amide bonds. The van der Waals surface area contributed by atoms with Gasteiger partial charge in [0.05, 0.1) is 0 Å². The minimum Gasteiger partial charge on any atom is -0.508 e. The number of nitrogens with zero attached hydrogens (tertiary/aromatic N) is 1. The number of allylic oxidation sites excluding steroid dienone is 4. The second-order valence-electron chi connectivity index (χ2n) is 10.3. The van der Waals surface area contributed by atoms with Crippen molar-refractivity contribution < 1.29 is 5.11 Å². The van der Waals surface area contributed by atoms with E-state index in [1.165, 1.54) is 67.0 Å². The topological polar surface area (TPSA) is 35.5 Å². The number of hydrogen-bond donors (Lipinski definition) is 2. The SMILES string of the molecule is C/C=C(\C=C/CC)C1CCc2cc(O)ccc2C1c1ccc(N2CCC3(CC2)CNC3)cc1. The predicted molar refractivity (Wildman–Crippen MR) is 138 cm³/mol. The zero-order chi connectivity index (χ0) is 22.8. The maximum Gasteiger partial charge on any atom is 0.115 e. The molecule has 0 saturated carbocycles. The number of phenols is 1. The second-order valence-corrected chi connectivity index (χ2v) is 10.3. The Kier molecular flexibility index (Phi) is 6.34. The fourth-order valence-corrected chi connectivity index (χ4v) is 6.23. The third-order valence-corrected chi connectivity index (χ3v) is 8.34. The Balaban J connectivity index is 1.43. The summed E-state index contributed by atoms with van der Waals surface area (Å²) < 4.78 is 0. The lowest BCUT2D eigenvalue weighted by molar-refractivity contribution is 0.126. The molecule has 3 heteroatoms. The molecule has 3 aliphatic rings. The van der Waals surface area contributed by atoms with Crippen molar-refractivity contribution in [3.8, 4) is 5.75 Å². The summed E-state index contributed by atoms with van der Waals surface area (Å²) in [6.07, 6.45) is 12.7. The highest BCUT2D eigenvalue weighted by atomic mass is 16.3. The molecule has 1 spiro atoms. The average molecular weight is 443 g/mol. The highest BCUT2D eigenvalue weighted by Crippen LogP contribution is 2.46. The van der Waals surface area contributed by atoms with E-state index in [2.05, 4.69) is 72.6 Å². The Morgan fingerprint density at radius 3 is 2.52 bits per heavy atom. The number of piperidine rings is 1. The summed E-state index contributed by atoms with van der Waals surface area (Å²) in [6.45, 7) is 9.11. The molecule has 33 heavy (non-hydrogen) atoms. The van der Waals surface area contributed by atoms with Crippen LogP contribution in [0.1, 0.15) is 62.1 Å². The van der Waals surface area contributed by atoms with Gasteiger partial charge in [-0.05, 0) is 96.9 Å². The van der Waals surface area contributed by atoms with Gasteiger partial charge in [-0.3, -0.25) is 0 Å². The van der Waals surface area contributed by atoms with Crippen LogP contribution in [0.15, 0.2) is 66.3 Å². The molecule has 0 aromatic heterocycles. The molecule has 1 aliphatic carbocycles. The smallest absolute Gasteiger partial charge is 0.115 e. The van der Waals surface area contributed by atoms with Crippen LogP contribution in [0.25, 0.3) is 0 Å². The second kappa shape index (κ2) is 9.38. The van der Waals surface area contributed by atoms with Gasteiger partial charge in [0.25, 0.3) is 0 Å². The van der Waals surface area contributed by atoms with Crippen LogP contribution in [0, 0.1) is 11.3 Å². The third-order valence-electron chi connectivity index (χ3n) is 8.34. The van der Waals surface area contributed by atoms with Crippen LogP contribution in [0.2, 0.25) is 0 Å². The van der Waals surface area contributed by atoms with Crippen LogP contribution in [-0.4, -0.2) is 31.3 Å². The van der Waals surface area contributed by atoms with Crippen molar-refractivity contribution in [1.29, 1.82) is 0 Å². The Labute approximate surface area is 199 Å². The number of rotatable bonds is 5. The van der Waals surface area contributed by atoms with E-state index in [-0.39, 0.29) is 0 Å². The number of aromatic hydroxyl groups is 1. The summed E-state index contributed by atoms with van der Waals surface area (Å²) >= 11 is 0. The molecule has 2 unspecified atom stereocenters. The van der Waals surface area contributed by atoms with Gasteiger partial charge in [-0.2, -0.15) is 0 Å². The summed E-state index contributed by atoms with van der Waals surface area (Å²) in [5.74, 6) is 1.16. The summed E-state index contributed by atoms with van der Waals surface area (Å²) in [6, 6.07) is 15.4. The van der Waals surface area contributed by atoms with Gasteiger partial charge >= 0.3 is 0 Å². The van der Waals surface area contributed by atoms with Gasteiger partial charge in [0.2, 0.25) is 0 Å². The zero-order valence-corrected chi connectivity index (χ0v) is 20.2. The molecular weight excluding hydrogens is 404 g/mol. The molecular formula is C30H38N2O. The largest absolute Gasteiger partial charge is 0.508 e. The van der Waals surface area contributed by atoms with Gasteiger partial charge in [-0.25, -0.2) is 0 Å². The Hall–Kier alpha value is -2.52. The Bertz CT molecular complexity index is 1020. The number of hydrogen-bond acceptors (Lipinski definition) is 3. The first-order chi connectivity index (χ1) is 16.1. The normalized spacial score (nSPS) is 24.7. The number of anilines is 1. The lowest BCUT2D eigenvalue weighted by Gasteiger charge is -2.49. The van der Waals surface area contributed by atoms with Crippen molar-refractivity contribution in [1.82, 2.24) is 5.32 Å². The van der Waals surface area contributed by atoms with E-state index in [4.69, 9.17) is 0 Å². The monoisotopic (exact) mass is 442 g/mol. The minimum atomic E-state index is 0.321. The highest BCUT2D eigenvalue weighted by molar-refractivity contribution is 5.52. The zero-order valence-electron chi connectivity index (χ0n) is 20.2. The molecule has 2 saturated heterocycles. The van der Waals surface area contributed by atoms with E-state index < -0.39 is 0 Å². The molecule has 5 rings (SSSR count). The van der Waals surface area contributed by atoms with Crippen LogP contribution in [0.4, 0.5) is 5.69 Å². The molecule has 2 N–H and O–H groups in total. The van der Waals surface area contributed by atoms with Crippen LogP contribution < -0.4 is 10.2 Å². The first kappa shape index (κ1) is 22.3. The first-order valence-electron chi connectivity index (χ1n) is 12.8. The fourth-order valence-electron chi connectivity index (χ4n) is 6.23. The maximum absolute atomic E-state index is 10.1. The van der Waals surface area contributed by atoms with E-state index in [1.807, 2.05) is 12.1 Å². The number of fused-ring (bicyclic) bond motifs is 1. The number of nitrogens with one attached hydrogen (secondary N) is 1. The molecule has 2 aromatic carbocycles. The first-order valence-corrected chi connectivity index (χ1v) is 12.8. The van der Waals surface area contributed by atoms with Gasteiger partial charge in [0.1, 0.15) is 5.75 Å².